The van der Waals surface area contributed by atoms with Gasteiger partial charge in [0.1, 0.15) is 0 Å². The van der Waals surface area contributed by atoms with Gasteiger partial charge in [-0.2, -0.15) is 0 Å². The first-order chi connectivity index (χ1) is 15.1. The topological polar surface area (TPSA) is 55.8 Å². The molecule has 0 bridgehead atoms. The monoisotopic (exact) mass is 421 g/mol. The number of rotatable bonds is 6. The van der Waals surface area contributed by atoms with Gasteiger partial charge in [0, 0.05) is 44.0 Å². The molecule has 5 nitrogen and oxygen atoms in total. The van der Waals surface area contributed by atoms with E-state index in [0.29, 0.717) is 12.1 Å². The van der Waals surface area contributed by atoms with Gasteiger partial charge in [-0.3, -0.25) is 9.69 Å². The number of hydrogen-bond donors (Lipinski definition) is 2. The van der Waals surface area contributed by atoms with Gasteiger partial charge in [-0.15, -0.1) is 0 Å². The molecule has 166 valence electrons. The lowest BCUT2D eigenvalue weighted by Gasteiger charge is -2.31. The first kappa shape index (κ1) is 21.8. The van der Waals surface area contributed by atoms with Crippen LogP contribution in [0.5, 0.6) is 0 Å². The fraction of sp³-hybridized carbons (Fsp3) is 0.500. The van der Waals surface area contributed by atoms with Gasteiger partial charge in [-0.25, -0.2) is 0 Å². The summed E-state index contributed by atoms with van der Waals surface area (Å²) in [6, 6.07) is 16.3. The van der Waals surface area contributed by atoms with Crippen LogP contribution < -0.4 is 10.2 Å². The van der Waals surface area contributed by atoms with Crippen molar-refractivity contribution in [3.05, 3.63) is 65.2 Å². The summed E-state index contributed by atoms with van der Waals surface area (Å²) in [5, 5.41) is 12.8. The molecule has 1 unspecified atom stereocenters. The van der Waals surface area contributed by atoms with Crippen LogP contribution in [0, 0.1) is 5.92 Å². The fourth-order valence-electron chi connectivity index (χ4n) is 4.78. The molecule has 1 atom stereocenters. The summed E-state index contributed by atoms with van der Waals surface area (Å²) in [6.07, 6.45) is 4.03. The normalized spacial score (nSPS) is 20.6. The number of aliphatic hydroxyl groups excluding tert-OH is 1. The highest BCUT2D eigenvalue weighted by Crippen LogP contribution is 2.21. The second kappa shape index (κ2) is 10.3. The maximum atomic E-state index is 12.7. The SMILES string of the molecule is CC1CCCN(Cc2ccccc2CNC(=O)c2ccc(N3CCC(O)CC3)cc2)C1. The number of amides is 1. The number of benzene rings is 2. The third-order valence-electron chi connectivity index (χ3n) is 6.65. The molecule has 0 saturated carbocycles. The average molecular weight is 422 g/mol. The molecule has 5 heteroatoms. The molecule has 2 aliphatic rings. The Balaban J connectivity index is 1.33. The summed E-state index contributed by atoms with van der Waals surface area (Å²) >= 11 is 0. The van der Waals surface area contributed by atoms with Gasteiger partial charge in [0.2, 0.25) is 0 Å². The predicted octanol–water partition coefficient (Wildman–Crippen LogP) is 3.81. The number of nitrogens with zero attached hydrogens (tertiary/aromatic N) is 2. The lowest BCUT2D eigenvalue weighted by molar-refractivity contribution is 0.0950. The summed E-state index contributed by atoms with van der Waals surface area (Å²) in [5.41, 5.74) is 4.30. The van der Waals surface area contributed by atoms with Crippen molar-refractivity contribution in [2.45, 2.75) is 51.8 Å². The molecular formula is C26H35N3O2. The van der Waals surface area contributed by atoms with E-state index in [1.54, 1.807) is 0 Å². The fourth-order valence-corrected chi connectivity index (χ4v) is 4.78. The third-order valence-corrected chi connectivity index (χ3v) is 6.65. The van der Waals surface area contributed by atoms with Crippen LogP contribution in [-0.2, 0) is 13.1 Å². The van der Waals surface area contributed by atoms with Crippen molar-refractivity contribution in [3.8, 4) is 0 Å². The number of aliphatic hydroxyl groups is 1. The molecular weight excluding hydrogens is 386 g/mol. The summed E-state index contributed by atoms with van der Waals surface area (Å²) in [6.45, 7) is 7.87. The Bertz CT molecular complexity index is 859. The van der Waals surface area contributed by atoms with Crippen LogP contribution in [-0.4, -0.2) is 48.2 Å². The molecule has 0 aromatic heterocycles. The predicted molar refractivity (Wildman–Crippen MR) is 125 cm³/mol. The van der Waals surface area contributed by atoms with Crippen LogP contribution in [0.1, 0.15) is 54.1 Å². The van der Waals surface area contributed by atoms with Crippen LogP contribution in [0.2, 0.25) is 0 Å². The van der Waals surface area contributed by atoms with Crippen molar-refractivity contribution < 1.29 is 9.90 Å². The minimum absolute atomic E-state index is 0.0398. The molecule has 2 saturated heterocycles. The Labute approximate surface area is 186 Å². The summed E-state index contributed by atoms with van der Waals surface area (Å²) < 4.78 is 0. The Kier molecular flexibility index (Phi) is 7.25. The van der Waals surface area contributed by atoms with Gasteiger partial charge in [0.05, 0.1) is 6.10 Å². The molecule has 0 radical (unpaired) electrons. The number of carbonyl (C=O) groups is 1. The van der Waals surface area contributed by atoms with E-state index < -0.39 is 0 Å². The van der Waals surface area contributed by atoms with E-state index in [0.717, 1.165) is 57.2 Å². The molecule has 0 spiro atoms. The molecule has 2 aromatic rings. The third kappa shape index (κ3) is 5.86. The number of hydrogen-bond acceptors (Lipinski definition) is 4. The van der Waals surface area contributed by atoms with Gasteiger partial charge in [0.15, 0.2) is 0 Å². The smallest absolute Gasteiger partial charge is 0.251 e. The highest BCUT2D eigenvalue weighted by atomic mass is 16.3. The average Bonchev–Trinajstić information content (AvgIpc) is 2.79. The van der Waals surface area contributed by atoms with E-state index in [2.05, 4.69) is 40.2 Å². The van der Waals surface area contributed by atoms with Crippen LogP contribution in [0.25, 0.3) is 0 Å². The van der Waals surface area contributed by atoms with E-state index in [1.165, 1.54) is 24.0 Å². The molecule has 2 aromatic carbocycles. The summed E-state index contributed by atoms with van der Waals surface area (Å²) in [7, 11) is 0. The number of carbonyl (C=O) groups excluding carboxylic acids is 1. The zero-order valence-electron chi connectivity index (χ0n) is 18.6. The van der Waals surface area contributed by atoms with Crippen LogP contribution >= 0.6 is 0 Å². The molecule has 4 rings (SSSR count). The maximum Gasteiger partial charge on any atom is 0.251 e. The van der Waals surface area contributed by atoms with E-state index >= 15 is 0 Å². The molecule has 2 aliphatic heterocycles. The quantitative estimate of drug-likeness (QED) is 0.745. The molecule has 31 heavy (non-hydrogen) atoms. The van der Waals surface area contributed by atoms with Crippen molar-refractivity contribution in [1.82, 2.24) is 10.2 Å². The minimum atomic E-state index is -0.178. The van der Waals surface area contributed by atoms with Gasteiger partial charge >= 0.3 is 0 Å². The highest BCUT2D eigenvalue weighted by Gasteiger charge is 2.19. The molecule has 2 heterocycles. The Hall–Kier alpha value is -2.37. The van der Waals surface area contributed by atoms with E-state index in [1.807, 2.05) is 30.3 Å². The second-order valence-electron chi connectivity index (χ2n) is 9.20. The van der Waals surface area contributed by atoms with E-state index in [4.69, 9.17) is 0 Å². The summed E-state index contributed by atoms with van der Waals surface area (Å²) in [4.78, 5) is 17.5. The van der Waals surface area contributed by atoms with E-state index in [-0.39, 0.29) is 12.0 Å². The number of piperidine rings is 2. The van der Waals surface area contributed by atoms with Crippen LogP contribution in [0.4, 0.5) is 5.69 Å². The highest BCUT2D eigenvalue weighted by molar-refractivity contribution is 5.94. The zero-order valence-corrected chi connectivity index (χ0v) is 18.6. The Morgan fingerprint density at radius 2 is 1.71 bits per heavy atom. The molecule has 0 aliphatic carbocycles. The van der Waals surface area contributed by atoms with E-state index in [9.17, 15) is 9.90 Å². The first-order valence-electron chi connectivity index (χ1n) is 11.7. The lowest BCUT2D eigenvalue weighted by Crippen LogP contribution is -2.35. The van der Waals surface area contributed by atoms with Crippen molar-refractivity contribution >= 4 is 11.6 Å². The summed E-state index contributed by atoms with van der Waals surface area (Å²) in [5.74, 6) is 0.723. The molecule has 1 amide bonds. The van der Waals surface area contributed by atoms with Crippen LogP contribution in [0.15, 0.2) is 48.5 Å². The lowest BCUT2D eigenvalue weighted by atomic mass is 9.99. The zero-order chi connectivity index (χ0) is 21.6. The number of anilines is 1. The largest absolute Gasteiger partial charge is 0.393 e. The van der Waals surface area contributed by atoms with Gasteiger partial charge in [-0.1, -0.05) is 31.2 Å². The van der Waals surface area contributed by atoms with Gasteiger partial charge < -0.3 is 15.3 Å². The van der Waals surface area contributed by atoms with Gasteiger partial charge in [-0.05, 0) is 73.5 Å². The standard InChI is InChI=1S/C26H35N3O2/c1-20-5-4-14-28(18-20)19-23-7-3-2-6-22(23)17-27-26(31)21-8-10-24(11-9-21)29-15-12-25(30)13-16-29/h2-3,6-11,20,25,30H,4-5,12-19H2,1H3,(H,27,31). The van der Waals surface area contributed by atoms with Crippen molar-refractivity contribution in [2.24, 2.45) is 5.92 Å². The van der Waals surface area contributed by atoms with Crippen molar-refractivity contribution in [2.75, 3.05) is 31.1 Å². The first-order valence-corrected chi connectivity index (χ1v) is 11.7. The minimum Gasteiger partial charge on any atom is -0.393 e. The number of nitrogens with one attached hydrogen (secondary N) is 1. The second-order valence-corrected chi connectivity index (χ2v) is 9.20. The Morgan fingerprint density at radius 3 is 2.42 bits per heavy atom. The van der Waals surface area contributed by atoms with Crippen LogP contribution in [0.3, 0.4) is 0 Å². The molecule has 2 fully saturated rings. The van der Waals surface area contributed by atoms with Crippen molar-refractivity contribution in [3.63, 3.8) is 0 Å². The number of likely N-dealkylation sites (tertiary alicyclic amines) is 1. The van der Waals surface area contributed by atoms with Crippen molar-refractivity contribution in [1.29, 1.82) is 0 Å². The Morgan fingerprint density at radius 1 is 1.00 bits per heavy atom. The van der Waals surface area contributed by atoms with Gasteiger partial charge in [0.25, 0.3) is 5.91 Å². The molecule has 2 N–H and O–H groups in total. The maximum absolute atomic E-state index is 12.7.